The first-order chi connectivity index (χ1) is 16.0. The molecule has 4 rings (SSSR count). The molecule has 9 heteroatoms. The molecule has 0 bridgehead atoms. The van der Waals surface area contributed by atoms with Gasteiger partial charge in [0.25, 0.3) is 5.91 Å². The zero-order valence-corrected chi connectivity index (χ0v) is 18.0. The molecule has 0 aliphatic rings. The van der Waals surface area contributed by atoms with Crippen LogP contribution in [-0.4, -0.2) is 22.0 Å². The van der Waals surface area contributed by atoms with Crippen LogP contribution < -0.4 is 16.4 Å². The fraction of sp³-hybridized carbons (Fsp3) is 0.0833. The highest BCUT2D eigenvalue weighted by Crippen LogP contribution is 2.22. The fourth-order valence-corrected chi connectivity index (χ4v) is 3.54. The summed E-state index contributed by atoms with van der Waals surface area (Å²) in [6.07, 6.45) is -0.00870. The molecular formula is C24H19ClN4O4. The van der Waals surface area contributed by atoms with E-state index in [0.29, 0.717) is 21.8 Å². The Balaban J connectivity index is 1.51. The molecule has 0 fully saturated rings. The van der Waals surface area contributed by atoms with Gasteiger partial charge in [-0.05, 0) is 29.8 Å². The molecule has 3 N–H and O–H groups in total. The Kier molecular flexibility index (Phi) is 6.66. The molecule has 0 radical (unpaired) electrons. The van der Waals surface area contributed by atoms with Gasteiger partial charge < -0.3 is 10.6 Å². The molecule has 1 atom stereocenters. The van der Waals surface area contributed by atoms with E-state index in [4.69, 9.17) is 11.6 Å². The van der Waals surface area contributed by atoms with Crippen LogP contribution in [0.2, 0.25) is 5.02 Å². The van der Waals surface area contributed by atoms with Gasteiger partial charge in [-0.2, -0.15) is 0 Å². The van der Waals surface area contributed by atoms with E-state index in [9.17, 15) is 14.4 Å². The van der Waals surface area contributed by atoms with Gasteiger partial charge in [0.1, 0.15) is 0 Å². The number of aromatic nitrogens is 2. The predicted octanol–water partition coefficient (Wildman–Crippen LogP) is 4.18. The number of carbonyl (C=O) groups excluding carboxylic acids is 2. The van der Waals surface area contributed by atoms with Crippen LogP contribution >= 0.6 is 11.6 Å². The minimum atomic E-state index is -0.667. The monoisotopic (exact) mass is 462 g/mol. The quantitative estimate of drug-likeness (QED) is 0.381. The molecule has 0 aliphatic heterocycles. The summed E-state index contributed by atoms with van der Waals surface area (Å²) < 4.78 is 4.53. The van der Waals surface area contributed by atoms with E-state index in [1.165, 1.54) is 0 Å². The number of benzene rings is 3. The van der Waals surface area contributed by atoms with Crippen molar-refractivity contribution in [2.24, 2.45) is 0 Å². The average Bonchev–Trinajstić information content (AvgIpc) is 3.26. The van der Waals surface area contributed by atoms with Crippen LogP contribution in [0.3, 0.4) is 0 Å². The van der Waals surface area contributed by atoms with Gasteiger partial charge in [0.2, 0.25) is 5.91 Å². The minimum Gasteiger partial charge on any atom is -0.345 e. The molecule has 1 unspecified atom stereocenters. The van der Waals surface area contributed by atoms with Crippen LogP contribution in [0.15, 0.2) is 88.2 Å². The summed E-state index contributed by atoms with van der Waals surface area (Å²) in [5.74, 6) is -1.10. The average molecular weight is 463 g/mol. The third-order valence-corrected chi connectivity index (χ3v) is 5.20. The largest absolute Gasteiger partial charge is 0.439 e. The van der Waals surface area contributed by atoms with E-state index in [0.717, 1.165) is 5.56 Å². The van der Waals surface area contributed by atoms with Crippen molar-refractivity contribution in [3.63, 3.8) is 0 Å². The number of amides is 2. The van der Waals surface area contributed by atoms with Crippen molar-refractivity contribution in [3.8, 4) is 11.4 Å². The third kappa shape index (κ3) is 5.55. The first-order valence-corrected chi connectivity index (χ1v) is 10.4. The molecule has 33 heavy (non-hydrogen) atoms. The second kappa shape index (κ2) is 9.97. The van der Waals surface area contributed by atoms with Gasteiger partial charge in [0.05, 0.1) is 23.0 Å². The zero-order valence-electron chi connectivity index (χ0n) is 17.2. The van der Waals surface area contributed by atoms with Crippen molar-refractivity contribution in [1.82, 2.24) is 15.5 Å². The molecular weight excluding hydrogens is 444 g/mol. The van der Waals surface area contributed by atoms with Crippen molar-refractivity contribution in [2.75, 3.05) is 5.32 Å². The van der Waals surface area contributed by atoms with Crippen LogP contribution in [-0.2, 0) is 4.79 Å². The standard InChI is InChI=1S/C24H19ClN4O4/c25-19-12-5-4-11-18(19)23(31)27-20(15-7-2-1-3-8-15)14-21(30)26-17-10-6-9-16(13-17)22-28-24(32)33-29-22/h1-13,20H,14H2,(H,26,30)(H,27,31)(H,28,29,32). The number of hydrogen-bond acceptors (Lipinski definition) is 5. The molecule has 8 nitrogen and oxygen atoms in total. The third-order valence-electron chi connectivity index (χ3n) is 4.88. The zero-order chi connectivity index (χ0) is 23.2. The van der Waals surface area contributed by atoms with E-state index in [2.05, 4.69) is 25.3 Å². The summed E-state index contributed by atoms with van der Waals surface area (Å²) in [7, 11) is 0. The van der Waals surface area contributed by atoms with Gasteiger partial charge in [-0.3, -0.25) is 19.1 Å². The maximum atomic E-state index is 12.9. The Morgan fingerprint density at radius 1 is 1.00 bits per heavy atom. The molecule has 0 spiro atoms. The molecule has 1 heterocycles. The normalized spacial score (nSPS) is 11.5. The highest BCUT2D eigenvalue weighted by molar-refractivity contribution is 6.33. The number of aromatic amines is 1. The number of nitrogens with zero attached hydrogens (tertiary/aromatic N) is 1. The maximum Gasteiger partial charge on any atom is 0.439 e. The van der Waals surface area contributed by atoms with E-state index in [1.807, 2.05) is 30.3 Å². The smallest absolute Gasteiger partial charge is 0.345 e. The first-order valence-electron chi connectivity index (χ1n) is 10.1. The Hall–Kier alpha value is -4.17. The second-order valence-electron chi connectivity index (χ2n) is 7.19. The lowest BCUT2D eigenvalue weighted by Gasteiger charge is -2.19. The van der Waals surface area contributed by atoms with Crippen molar-refractivity contribution >= 4 is 29.1 Å². The van der Waals surface area contributed by atoms with Gasteiger partial charge in [0, 0.05) is 11.3 Å². The topological polar surface area (TPSA) is 117 Å². The maximum absolute atomic E-state index is 12.9. The van der Waals surface area contributed by atoms with Crippen LogP contribution in [0.25, 0.3) is 11.4 Å². The number of nitrogens with one attached hydrogen (secondary N) is 3. The number of carbonyl (C=O) groups is 2. The Bertz CT molecular complexity index is 1330. The summed E-state index contributed by atoms with van der Waals surface area (Å²) in [6, 6.07) is 22.2. The van der Waals surface area contributed by atoms with Gasteiger partial charge in [-0.15, -0.1) is 0 Å². The molecule has 4 aromatic rings. The predicted molar refractivity (Wildman–Crippen MR) is 124 cm³/mol. The van der Waals surface area contributed by atoms with Crippen LogP contribution in [0.1, 0.15) is 28.4 Å². The van der Waals surface area contributed by atoms with E-state index < -0.39 is 11.8 Å². The summed E-state index contributed by atoms with van der Waals surface area (Å²) in [5, 5.41) is 9.69. The number of H-pyrrole nitrogens is 1. The van der Waals surface area contributed by atoms with Crippen molar-refractivity contribution in [2.45, 2.75) is 12.5 Å². The molecule has 1 aromatic heterocycles. The lowest BCUT2D eigenvalue weighted by Crippen LogP contribution is -2.31. The lowest BCUT2D eigenvalue weighted by atomic mass is 10.0. The van der Waals surface area contributed by atoms with Crippen molar-refractivity contribution in [3.05, 3.63) is 106 Å². The first kappa shape index (κ1) is 22.0. The SMILES string of the molecule is O=C(CC(NC(=O)c1ccccc1Cl)c1ccccc1)Nc1cccc(-c2noc(=O)[nH]2)c1. The number of rotatable bonds is 7. The molecule has 0 saturated carbocycles. The molecule has 166 valence electrons. The van der Waals surface area contributed by atoms with Crippen molar-refractivity contribution in [1.29, 1.82) is 0 Å². The Morgan fingerprint density at radius 3 is 2.48 bits per heavy atom. The number of hydrogen-bond donors (Lipinski definition) is 3. The Morgan fingerprint density at radius 2 is 1.76 bits per heavy atom. The molecule has 0 aliphatic carbocycles. The highest BCUT2D eigenvalue weighted by atomic mass is 35.5. The van der Waals surface area contributed by atoms with Gasteiger partial charge in [-0.25, -0.2) is 4.79 Å². The van der Waals surface area contributed by atoms with Crippen LogP contribution in [0, 0.1) is 0 Å². The molecule has 2 amide bonds. The summed E-state index contributed by atoms with van der Waals surface area (Å²) >= 11 is 6.15. The van der Waals surface area contributed by atoms with E-state index in [-0.39, 0.29) is 24.1 Å². The molecule has 3 aromatic carbocycles. The van der Waals surface area contributed by atoms with Crippen LogP contribution in [0.5, 0.6) is 0 Å². The van der Waals surface area contributed by atoms with Gasteiger partial charge in [-0.1, -0.05) is 71.4 Å². The van der Waals surface area contributed by atoms with E-state index in [1.54, 1.807) is 48.5 Å². The van der Waals surface area contributed by atoms with Crippen LogP contribution in [0.4, 0.5) is 5.69 Å². The van der Waals surface area contributed by atoms with Gasteiger partial charge in [0.15, 0.2) is 5.82 Å². The number of anilines is 1. The summed E-state index contributed by atoms with van der Waals surface area (Å²) in [6.45, 7) is 0. The summed E-state index contributed by atoms with van der Waals surface area (Å²) in [5.41, 5.74) is 2.19. The number of halogens is 1. The second-order valence-corrected chi connectivity index (χ2v) is 7.60. The minimum absolute atomic E-state index is 0.00870. The summed E-state index contributed by atoms with van der Waals surface area (Å²) in [4.78, 5) is 39.3. The van der Waals surface area contributed by atoms with Crippen molar-refractivity contribution < 1.29 is 14.1 Å². The molecule has 0 saturated heterocycles. The Labute approximate surface area is 193 Å². The lowest BCUT2D eigenvalue weighted by molar-refractivity contribution is -0.116. The fourth-order valence-electron chi connectivity index (χ4n) is 3.31. The van der Waals surface area contributed by atoms with E-state index >= 15 is 0 Å². The van der Waals surface area contributed by atoms with Gasteiger partial charge >= 0.3 is 5.76 Å². The highest BCUT2D eigenvalue weighted by Gasteiger charge is 2.20.